The molecule has 1 aliphatic heterocycles. The lowest BCUT2D eigenvalue weighted by Gasteiger charge is -2.35. The minimum atomic E-state index is -4.51. The summed E-state index contributed by atoms with van der Waals surface area (Å²) in [5.74, 6) is -0.438. The Morgan fingerprint density at radius 1 is 0.961 bits per heavy atom. The Kier molecular flexibility index (Phi) is 13.7. The summed E-state index contributed by atoms with van der Waals surface area (Å²) < 4.78 is 51.4. The van der Waals surface area contributed by atoms with Gasteiger partial charge in [0, 0.05) is 49.7 Å². The van der Waals surface area contributed by atoms with E-state index in [2.05, 4.69) is 16.0 Å². The van der Waals surface area contributed by atoms with E-state index < -0.39 is 35.8 Å². The largest absolute Gasteiger partial charge is 0.490 e. The molecule has 3 aromatic carbocycles. The molecule has 1 heterocycles. The molecule has 51 heavy (non-hydrogen) atoms. The second-order valence-corrected chi connectivity index (χ2v) is 12.8. The Labute approximate surface area is 296 Å². The van der Waals surface area contributed by atoms with Crippen LogP contribution in [0.3, 0.4) is 0 Å². The van der Waals surface area contributed by atoms with Gasteiger partial charge < -0.3 is 40.3 Å². The number of alkyl halides is 3. The highest BCUT2D eigenvalue weighted by Crippen LogP contribution is 2.31. The third kappa shape index (κ3) is 11.3. The van der Waals surface area contributed by atoms with Crippen LogP contribution in [0.1, 0.15) is 56.0 Å². The molecule has 5 amide bonds. The number of aliphatic hydroxyl groups is 1. The van der Waals surface area contributed by atoms with Crippen LogP contribution in [-0.2, 0) is 10.9 Å². The maximum Gasteiger partial charge on any atom is 0.416 e. The zero-order valence-electron chi connectivity index (χ0n) is 29.2. The van der Waals surface area contributed by atoms with Crippen molar-refractivity contribution in [3.05, 3.63) is 83.9 Å². The number of carbonyl (C=O) groups excluding carboxylic acids is 3. The van der Waals surface area contributed by atoms with Crippen molar-refractivity contribution in [2.24, 2.45) is 5.92 Å². The number of para-hydroxylation sites is 1. The maximum absolute atomic E-state index is 14.3. The first kappa shape index (κ1) is 39.0. The summed E-state index contributed by atoms with van der Waals surface area (Å²) in [6.07, 6.45) is -3.03. The van der Waals surface area contributed by atoms with Gasteiger partial charge in [0.2, 0.25) is 0 Å². The van der Waals surface area contributed by atoms with Gasteiger partial charge in [-0.3, -0.25) is 4.79 Å². The van der Waals surface area contributed by atoms with Gasteiger partial charge in [-0.05, 0) is 87.7 Å². The zero-order valence-corrected chi connectivity index (χ0v) is 29.2. The van der Waals surface area contributed by atoms with Crippen molar-refractivity contribution in [1.29, 1.82) is 0 Å². The van der Waals surface area contributed by atoms with Crippen LogP contribution in [0.25, 0.3) is 0 Å². The molecule has 0 unspecified atom stereocenters. The third-order valence-corrected chi connectivity index (χ3v) is 8.61. The maximum atomic E-state index is 14.3. The van der Waals surface area contributed by atoms with E-state index in [0.29, 0.717) is 24.5 Å². The van der Waals surface area contributed by atoms with E-state index >= 15 is 0 Å². The molecule has 0 saturated carbocycles. The number of nitrogens with one attached hydrogen (secondary N) is 3. The molecule has 4 atom stereocenters. The van der Waals surface area contributed by atoms with Crippen molar-refractivity contribution in [3.63, 3.8) is 0 Å². The van der Waals surface area contributed by atoms with Crippen LogP contribution in [0.2, 0.25) is 0 Å². The Morgan fingerprint density at radius 3 is 2.27 bits per heavy atom. The smallest absolute Gasteiger partial charge is 0.416 e. The topological polar surface area (TPSA) is 132 Å². The highest BCUT2D eigenvalue weighted by molar-refractivity contribution is 6.02. The molecule has 0 spiro atoms. The van der Waals surface area contributed by atoms with Crippen LogP contribution in [0, 0.1) is 5.92 Å². The molecule has 276 valence electrons. The van der Waals surface area contributed by atoms with Gasteiger partial charge in [-0.2, -0.15) is 13.2 Å². The molecule has 14 heteroatoms. The molecule has 0 bridgehead atoms. The predicted molar refractivity (Wildman–Crippen MR) is 189 cm³/mol. The van der Waals surface area contributed by atoms with Crippen LogP contribution in [-0.4, -0.2) is 84.5 Å². The number of benzene rings is 3. The van der Waals surface area contributed by atoms with Crippen molar-refractivity contribution < 1.29 is 42.1 Å². The highest BCUT2D eigenvalue weighted by Gasteiger charge is 2.32. The van der Waals surface area contributed by atoms with E-state index in [1.807, 2.05) is 32.0 Å². The monoisotopic (exact) mass is 713 g/mol. The number of hydrogen-bond donors (Lipinski definition) is 4. The lowest BCUT2D eigenvalue weighted by atomic mass is 10.0. The Bertz CT molecular complexity index is 1610. The molecular formula is C37H46F3N5O6. The lowest BCUT2D eigenvalue weighted by molar-refractivity contribution is -0.137. The van der Waals surface area contributed by atoms with Crippen molar-refractivity contribution in [2.45, 2.75) is 64.5 Å². The van der Waals surface area contributed by atoms with Gasteiger partial charge in [-0.1, -0.05) is 25.1 Å². The lowest BCUT2D eigenvalue weighted by Crippen LogP contribution is -2.48. The average molecular weight is 714 g/mol. The second kappa shape index (κ2) is 17.9. The third-order valence-electron chi connectivity index (χ3n) is 8.61. The van der Waals surface area contributed by atoms with Crippen molar-refractivity contribution in [3.8, 4) is 5.75 Å². The van der Waals surface area contributed by atoms with Gasteiger partial charge in [0.1, 0.15) is 5.75 Å². The molecule has 0 fully saturated rings. The van der Waals surface area contributed by atoms with Gasteiger partial charge in [0.05, 0.1) is 36.0 Å². The molecule has 4 N–H and O–H groups in total. The fraction of sp³-hybridized carbons (Fsp3) is 0.432. The standard InChI is InChI=1S/C37H46F3N5O6/c1-24-21-45(25(2)23-46)34(47)31-20-30(42-35(48)41-29-15-13-27(14-16-29)37(38,39)40)17-18-32(31)51-26(3)10-8-9-19-50-33(24)22-44(4)36(49)43-28-11-6-5-7-12-28/h5-7,11-18,20,24-26,33,46H,8-10,19,21-23H2,1-4H3,(H,43,49)(H2,41,42,48)/t24-,25+,26-,33+/m1/s1. The van der Waals surface area contributed by atoms with Crippen LogP contribution < -0.4 is 20.7 Å². The molecule has 4 rings (SSSR count). The van der Waals surface area contributed by atoms with Crippen molar-refractivity contribution in [2.75, 3.05) is 49.3 Å². The average Bonchev–Trinajstić information content (AvgIpc) is 3.09. The minimum Gasteiger partial charge on any atom is -0.490 e. The van der Waals surface area contributed by atoms with Crippen LogP contribution in [0.4, 0.5) is 39.8 Å². The summed E-state index contributed by atoms with van der Waals surface area (Å²) in [5.41, 5.74) is 0.339. The zero-order chi connectivity index (χ0) is 37.1. The first-order chi connectivity index (χ1) is 24.2. The number of likely N-dealkylation sites (N-methyl/N-ethyl adjacent to an activating group) is 1. The number of nitrogens with zero attached hydrogens (tertiary/aromatic N) is 2. The number of anilines is 3. The summed E-state index contributed by atoms with van der Waals surface area (Å²) in [6.45, 7) is 6.06. The van der Waals surface area contributed by atoms with Crippen molar-refractivity contribution in [1.82, 2.24) is 9.80 Å². The number of amides is 5. The minimum absolute atomic E-state index is 0.143. The van der Waals surface area contributed by atoms with Gasteiger partial charge in [-0.25, -0.2) is 9.59 Å². The van der Waals surface area contributed by atoms with Crippen LogP contribution >= 0.6 is 0 Å². The molecule has 0 radical (unpaired) electrons. The normalized spacial score (nSPS) is 19.5. The first-order valence-electron chi connectivity index (χ1n) is 16.9. The number of urea groups is 2. The van der Waals surface area contributed by atoms with Gasteiger partial charge >= 0.3 is 18.2 Å². The summed E-state index contributed by atoms with van der Waals surface area (Å²) in [4.78, 5) is 43.3. The fourth-order valence-corrected chi connectivity index (χ4v) is 5.59. The predicted octanol–water partition coefficient (Wildman–Crippen LogP) is 7.31. The molecule has 11 nitrogen and oxygen atoms in total. The van der Waals surface area contributed by atoms with E-state index in [1.54, 1.807) is 38.2 Å². The Morgan fingerprint density at radius 2 is 1.61 bits per heavy atom. The van der Waals surface area contributed by atoms with Gasteiger partial charge in [0.25, 0.3) is 5.91 Å². The van der Waals surface area contributed by atoms with E-state index in [9.17, 15) is 32.7 Å². The number of rotatable bonds is 7. The first-order valence-corrected chi connectivity index (χ1v) is 16.9. The van der Waals surface area contributed by atoms with Gasteiger partial charge in [0.15, 0.2) is 0 Å². The second-order valence-electron chi connectivity index (χ2n) is 12.8. The summed E-state index contributed by atoms with van der Waals surface area (Å²) >= 11 is 0. The summed E-state index contributed by atoms with van der Waals surface area (Å²) in [5, 5.41) is 18.2. The number of ether oxygens (including phenoxy) is 2. The fourth-order valence-electron chi connectivity index (χ4n) is 5.59. The SMILES string of the molecule is C[C@@H]1CCCCO[C@@H](CN(C)C(=O)Nc2ccccc2)[C@H](C)CN([C@@H](C)CO)C(=O)c2cc(NC(=O)Nc3ccc(C(F)(F)F)cc3)ccc2O1. The van der Waals surface area contributed by atoms with Crippen molar-refractivity contribution >= 4 is 35.0 Å². The molecule has 1 aliphatic rings. The number of fused-ring (bicyclic) bond motifs is 1. The summed E-state index contributed by atoms with van der Waals surface area (Å²) in [7, 11) is 1.68. The molecular weight excluding hydrogens is 667 g/mol. The molecule has 3 aromatic rings. The quantitative estimate of drug-likeness (QED) is 0.203. The highest BCUT2D eigenvalue weighted by atomic mass is 19.4. The number of hydrogen-bond acceptors (Lipinski definition) is 6. The van der Waals surface area contributed by atoms with E-state index in [0.717, 1.165) is 37.1 Å². The van der Waals surface area contributed by atoms with E-state index in [1.165, 1.54) is 15.9 Å². The number of carbonyl (C=O) groups is 3. The Balaban J connectivity index is 1.56. The van der Waals surface area contributed by atoms with Crippen LogP contribution in [0.5, 0.6) is 5.75 Å². The summed E-state index contributed by atoms with van der Waals surface area (Å²) in [6, 6.07) is 16.1. The Hall–Kier alpha value is -4.82. The number of halogens is 3. The number of aliphatic hydroxyl groups excluding tert-OH is 1. The van der Waals surface area contributed by atoms with Gasteiger partial charge in [-0.15, -0.1) is 0 Å². The van der Waals surface area contributed by atoms with E-state index in [4.69, 9.17) is 9.47 Å². The molecule has 0 aromatic heterocycles. The van der Waals surface area contributed by atoms with Crippen LogP contribution in [0.15, 0.2) is 72.8 Å². The molecule has 0 saturated heterocycles. The van der Waals surface area contributed by atoms with E-state index in [-0.39, 0.29) is 54.7 Å². The molecule has 0 aliphatic carbocycles.